The third-order valence-corrected chi connectivity index (χ3v) is 5.04. The largest absolute Gasteiger partial charge is 0.324 e. The van der Waals surface area contributed by atoms with E-state index in [1.807, 2.05) is 52.8 Å². The van der Waals surface area contributed by atoms with Crippen molar-refractivity contribution in [3.8, 4) is 0 Å². The highest BCUT2D eigenvalue weighted by atomic mass is 16.2. The fraction of sp³-hybridized carbons (Fsp3) is 0.368. The van der Waals surface area contributed by atoms with Crippen LogP contribution >= 0.6 is 0 Å². The van der Waals surface area contributed by atoms with E-state index in [0.29, 0.717) is 25.6 Å². The third-order valence-electron chi connectivity index (χ3n) is 5.04. The van der Waals surface area contributed by atoms with Crippen LogP contribution in [0.3, 0.4) is 0 Å². The van der Waals surface area contributed by atoms with E-state index in [1.165, 1.54) is 0 Å². The Bertz CT molecular complexity index is 843. The number of anilines is 1. The summed E-state index contributed by atoms with van der Waals surface area (Å²) in [5, 5.41) is 3.00. The lowest BCUT2D eigenvalue weighted by molar-refractivity contribution is 0.139. The predicted octanol–water partition coefficient (Wildman–Crippen LogP) is 2.81. The molecule has 2 aliphatic rings. The number of aryl methyl sites for hydroxylation is 1. The van der Waals surface area contributed by atoms with Crippen LogP contribution in [0.4, 0.5) is 10.5 Å². The lowest BCUT2D eigenvalue weighted by atomic mass is 9.83. The van der Waals surface area contributed by atoms with Gasteiger partial charge < -0.3 is 14.8 Å². The zero-order valence-electron chi connectivity index (χ0n) is 13.7. The van der Waals surface area contributed by atoms with E-state index in [1.54, 1.807) is 6.07 Å². The second-order valence-electron chi connectivity index (χ2n) is 6.90. The van der Waals surface area contributed by atoms with Gasteiger partial charge in [0.2, 0.25) is 0 Å². The van der Waals surface area contributed by atoms with Crippen molar-refractivity contribution in [2.24, 2.45) is 5.92 Å². The van der Waals surface area contributed by atoms with Crippen LogP contribution in [-0.2, 0) is 6.54 Å². The van der Waals surface area contributed by atoms with Crippen molar-refractivity contribution in [2.45, 2.75) is 25.8 Å². The van der Waals surface area contributed by atoms with Gasteiger partial charge in [0.15, 0.2) is 0 Å². The number of pyridine rings is 1. The molecule has 1 N–H and O–H groups in total. The molecule has 1 fully saturated rings. The molecule has 2 aromatic rings. The molecule has 2 aliphatic heterocycles. The van der Waals surface area contributed by atoms with Crippen molar-refractivity contribution in [3.63, 3.8) is 0 Å². The van der Waals surface area contributed by atoms with Crippen LogP contribution in [0, 0.1) is 12.8 Å². The van der Waals surface area contributed by atoms with Crippen LogP contribution in [0.15, 0.2) is 47.3 Å². The van der Waals surface area contributed by atoms with E-state index in [2.05, 4.69) is 5.32 Å². The quantitative estimate of drug-likeness (QED) is 0.877. The van der Waals surface area contributed by atoms with Gasteiger partial charge in [0.1, 0.15) is 0 Å². The number of nitrogens with zero attached hydrogens (tertiary/aromatic N) is 2. The minimum Gasteiger partial charge on any atom is -0.324 e. The Morgan fingerprint density at radius 3 is 2.79 bits per heavy atom. The van der Waals surface area contributed by atoms with Gasteiger partial charge in [-0.1, -0.05) is 18.2 Å². The number of carbonyl (C=O) groups excluding carboxylic acids is 1. The number of hydrogen-bond acceptors (Lipinski definition) is 2. The SMILES string of the molecule is Cc1cccc(NC(=O)N2C[C@H]3C[C@@H](C2)c2cccc(=O)n2C3)c1. The van der Waals surface area contributed by atoms with E-state index in [-0.39, 0.29) is 17.5 Å². The molecular formula is C19H21N3O2. The smallest absolute Gasteiger partial charge is 0.321 e. The molecule has 124 valence electrons. The molecule has 2 bridgehead atoms. The molecule has 1 aromatic heterocycles. The predicted molar refractivity (Wildman–Crippen MR) is 93.3 cm³/mol. The summed E-state index contributed by atoms with van der Waals surface area (Å²) in [5.74, 6) is 0.592. The molecule has 0 radical (unpaired) electrons. The Morgan fingerprint density at radius 1 is 1.12 bits per heavy atom. The van der Waals surface area contributed by atoms with Gasteiger partial charge in [0.05, 0.1) is 0 Å². The average Bonchev–Trinajstić information content (AvgIpc) is 2.56. The van der Waals surface area contributed by atoms with Crippen molar-refractivity contribution in [1.82, 2.24) is 9.47 Å². The third kappa shape index (κ3) is 2.70. The van der Waals surface area contributed by atoms with Crippen molar-refractivity contribution in [1.29, 1.82) is 0 Å². The van der Waals surface area contributed by atoms with Gasteiger partial charge in [-0.25, -0.2) is 4.79 Å². The molecule has 0 unspecified atom stereocenters. The monoisotopic (exact) mass is 323 g/mol. The first kappa shape index (κ1) is 15.0. The fourth-order valence-corrected chi connectivity index (χ4v) is 3.99. The van der Waals surface area contributed by atoms with Gasteiger partial charge in [-0.15, -0.1) is 0 Å². The van der Waals surface area contributed by atoms with Gasteiger partial charge in [-0.05, 0) is 43.0 Å². The number of aromatic nitrogens is 1. The maximum absolute atomic E-state index is 12.6. The Labute approximate surface area is 140 Å². The van der Waals surface area contributed by atoms with Gasteiger partial charge in [-0.3, -0.25) is 4.79 Å². The number of benzene rings is 1. The van der Waals surface area contributed by atoms with E-state index in [4.69, 9.17) is 0 Å². The zero-order valence-corrected chi connectivity index (χ0v) is 13.7. The lowest BCUT2D eigenvalue weighted by Crippen LogP contribution is -2.50. The van der Waals surface area contributed by atoms with Crippen molar-refractivity contribution < 1.29 is 4.79 Å². The molecule has 2 atom stereocenters. The highest BCUT2D eigenvalue weighted by Gasteiger charge is 2.36. The number of nitrogens with one attached hydrogen (secondary N) is 1. The second-order valence-corrected chi connectivity index (χ2v) is 6.90. The Kier molecular flexibility index (Phi) is 3.63. The Balaban J connectivity index is 1.53. The van der Waals surface area contributed by atoms with Crippen molar-refractivity contribution in [3.05, 3.63) is 64.1 Å². The van der Waals surface area contributed by atoms with E-state index in [0.717, 1.165) is 23.4 Å². The number of rotatable bonds is 1. The Hall–Kier alpha value is -2.56. The first-order chi connectivity index (χ1) is 11.6. The lowest BCUT2D eigenvalue weighted by Gasteiger charge is -2.42. The van der Waals surface area contributed by atoms with E-state index in [9.17, 15) is 9.59 Å². The number of hydrogen-bond donors (Lipinski definition) is 1. The highest BCUT2D eigenvalue weighted by molar-refractivity contribution is 5.89. The molecule has 1 saturated heterocycles. The molecule has 2 amide bonds. The molecule has 5 nitrogen and oxygen atoms in total. The van der Waals surface area contributed by atoms with Gasteiger partial charge in [-0.2, -0.15) is 0 Å². The first-order valence-corrected chi connectivity index (χ1v) is 8.42. The van der Waals surface area contributed by atoms with Crippen molar-refractivity contribution >= 4 is 11.7 Å². The average molecular weight is 323 g/mol. The van der Waals surface area contributed by atoms with E-state index < -0.39 is 0 Å². The normalized spacial score (nSPS) is 22.0. The highest BCUT2D eigenvalue weighted by Crippen LogP contribution is 2.35. The number of urea groups is 1. The van der Waals surface area contributed by atoms with E-state index >= 15 is 0 Å². The Morgan fingerprint density at radius 2 is 1.96 bits per heavy atom. The maximum Gasteiger partial charge on any atom is 0.321 e. The number of fused-ring (bicyclic) bond motifs is 4. The summed E-state index contributed by atoms with van der Waals surface area (Å²) >= 11 is 0. The number of piperidine rings is 1. The molecule has 24 heavy (non-hydrogen) atoms. The molecule has 3 heterocycles. The number of amides is 2. The summed E-state index contributed by atoms with van der Waals surface area (Å²) in [6.07, 6.45) is 1.05. The number of carbonyl (C=O) groups is 1. The summed E-state index contributed by atoms with van der Waals surface area (Å²) in [6.45, 7) is 4.09. The molecule has 0 aliphatic carbocycles. The van der Waals surface area contributed by atoms with Crippen LogP contribution in [0.1, 0.15) is 23.6 Å². The molecule has 5 heteroatoms. The summed E-state index contributed by atoms with van der Waals surface area (Å²) in [6, 6.07) is 13.2. The van der Waals surface area contributed by atoms with Crippen LogP contribution in [0.25, 0.3) is 0 Å². The van der Waals surface area contributed by atoms with Gasteiger partial charge in [0, 0.05) is 43.0 Å². The molecule has 4 rings (SSSR count). The summed E-state index contributed by atoms with van der Waals surface area (Å²) in [7, 11) is 0. The zero-order chi connectivity index (χ0) is 16.7. The van der Waals surface area contributed by atoms with Crippen LogP contribution in [-0.4, -0.2) is 28.6 Å². The number of likely N-dealkylation sites (tertiary alicyclic amines) is 1. The second kappa shape index (κ2) is 5.82. The fourth-order valence-electron chi connectivity index (χ4n) is 3.99. The van der Waals surface area contributed by atoms with Crippen LogP contribution < -0.4 is 10.9 Å². The standard InChI is InChI=1S/C19H21N3O2/c1-13-4-2-5-16(8-13)20-19(24)21-10-14-9-15(12-21)17-6-3-7-18(23)22(17)11-14/h2-8,14-15H,9-12H2,1H3,(H,20,24)/t14-,15+/m1/s1. The maximum atomic E-state index is 12.6. The van der Waals surface area contributed by atoms with Crippen LogP contribution in [0.5, 0.6) is 0 Å². The van der Waals surface area contributed by atoms with Crippen LogP contribution in [0.2, 0.25) is 0 Å². The molecule has 0 saturated carbocycles. The summed E-state index contributed by atoms with van der Waals surface area (Å²) < 4.78 is 1.88. The van der Waals surface area contributed by atoms with Crippen molar-refractivity contribution in [2.75, 3.05) is 18.4 Å². The summed E-state index contributed by atoms with van der Waals surface area (Å²) in [5.41, 5.74) is 3.08. The summed E-state index contributed by atoms with van der Waals surface area (Å²) in [4.78, 5) is 26.6. The first-order valence-electron chi connectivity index (χ1n) is 8.42. The topological polar surface area (TPSA) is 54.3 Å². The van der Waals surface area contributed by atoms with Gasteiger partial charge >= 0.3 is 6.03 Å². The molecule has 1 aromatic carbocycles. The minimum atomic E-state index is -0.0537. The van der Waals surface area contributed by atoms with Gasteiger partial charge in [0.25, 0.3) is 5.56 Å². The minimum absolute atomic E-state index is 0.0537. The molecule has 0 spiro atoms. The molecular weight excluding hydrogens is 302 g/mol.